The molecule has 1 N–H and O–H groups in total. The molecule has 90 valence electrons. The molecule has 0 aliphatic rings. The summed E-state index contributed by atoms with van der Waals surface area (Å²) in [5.41, 5.74) is 2.26. The molecule has 0 amide bonds. The summed E-state index contributed by atoms with van der Waals surface area (Å²) >= 11 is 3.46. The predicted molar refractivity (Wildman–Crippen MR) is 73.2 cm³/mol. The highest BCUT2D eigenvalue weighted by Gasteiger charge is 2.02. The van der Waals surface area contributed by atoms with Gasteiger partial charge >= 0.3 is 0 Å². The third kappa shape index (κ3) is 3.41. The van der Waals surface area contributed by atoms with Crippen LogP contribution in [-0.4, -0.2) is 15.8 Å². The van der Waals surface area contributed by atoms with Crippen molar-refractivity contribution in [2.45, 2.75) is 26.4 Å². The van der Waals surface area contributed by atoms with E-state index in [4.69, 9.17) is 0 Å². The first kappa shape index (κ1) is 12.3. The Kier molecular flexibility index (Phi) is 3.97. The second-order valence-corrected chi connectivity index (χ2v) is 5.22. The molecule has 2 aromatic rings. The Balaban J connectivity index is 2.12. The summed E-state index contributed by atoms with van der Waals surface area (Å²) in [5, 5.41) is 7.74. The molecule has 0 unspecified atom stereocenters. The summed E-state index contributed by atoms with van der Waals surface area (Å²) in [4.78, 5) is 0. The molecular weight excluding hydrogens is 278 g/mol. The summed E-state index contributed by atoms with van der Waals surface area (Å²) in [7, 11) is 0. The van der Waals surface area contributed by atoms with E-state index in [1.54, 1.807) is 0 Å². The molecule has 3 nitrogen and oxygen atoms in total. The van der Waals surface area contributed by atoms with Crippen LogP contribution in [0.3, 0.4) is 0 Å². The summed E-state index contributed by atoms with van der Waals surface area (Å²) in [6, 6.07) is 8.59. The number of benzene rings is 1. The molecule has 0 bridgehead atoms. The molecule has 0 aliphatic heterocycles. The Morgan fingerprint density at radius 1 is 1.41 bits per heavy atom. The van der Waals surface area contributed by atoms with Crippen molar-refractivity contribution in [2.75, 3.05) is 0 Å². The minimum Gasteiger partial charge on any atom is -0.310 e. The van der Waals surface area contributed by atoms with Crippen molar-refractivity contribution in [1.29, 1.82) is 0 Å². The smallest absolute Gasteiger partial charge is 0.0656 e. The lowest BCUT2D eigenvalue weighted by Crippen LogP contribution is -2.21. The molecule has 1 aromatic heterocycles. The Labute approximate surface area is 110 Å². The molecule has 0 aliphatic carbocycles. The average Bonchev–Trinajstić information content (AvgIpc) is 2.75. The van der Waals surface area contributed by atoms with Gasteiger partial charge in [-0.3, -0.25) is 0 Å². The summed E-state index contributed by atoms with van der Waals surface area (Å²) in [6.07, 6.45) is 3.95. The zero-order valence-electron chi connectivity index (χ0n) is 10.0. The molecular formula is C13H16BrN3. The maximum atomic E-state index is 4.36. The Bertz CT molecular complexity index is 491. The number of nitrogens with one attached hydrogen (secondary N) is 1. The van der Waals surface area contributed by atoms with Crippen molar-refractivity contribution in [1.82, 2.24) is 15.1 Å². The van der Waals surface area contributed by atoms with Crippen LogP contribution in [0.5, 0.6) is 0 Å². The number of rotatable bonds is 4. The van der Waals surface area contributed by atoms with Crippen LogP contribution in [0.15, 0.2) is 41.1 Å². The van der Waals surface area contributed by atoms with Crippen LogP contribution in [0.1, 0.15) is 19.4 Å². The second-order valence-electron chi connectivity index (χ2n) is 4.31. The van der Waals surface area contributed by atoms with Crippen molar-refractivity contribution >= 4 is 15.9 Å². The van der Waals surface area contributed by atoms with E-state index in [0.29, 0.717) is 6.04 Å². The highest BCUT2D eigenvalue weighted by atomic mass is 79.9. The Hall–Kier alpha value is -1.13. The van der Waals surface area contributed by atoms with Crippen molar-refractivity contribution in [3.63, 3.8) is 0 Å². The van der Waals surface area contributed by atoms with Crippen molar-refractivity contribution in [2.24, 2.45) is 0 Å². The fourth-order valence-electron chi connectivity index (χ4n) is 1.53. The number of aromatic nitrogens is 2. The van der Waals surface area contributed by atoms with Crippen LogP contribution in [0.2, 0.25) is 0 Å². The number of halogens is 1. The van der Waals surface area contributed by atoms with Gasteiger partial charge in [0.1, 0.15) is 0 Å². The van der Waals surface area contributed by atoms with Gasteiger partial charge in [-0.25, -0.2) is 4.68 Å². The maximum absolute atomic E-state index is 4.36. The van der Waals surface area contributed by atoms with Crippen LogP contribution in [0.4, 0.5) is 0 Å². The van der Waals surface area contributed by atoms with Gasteiger partial charge in [-0.2, -0.15) is 5.10 Å². The van der Waals surface area contributed by atoms with E-state index in [-0.39, 0.29) is 0 Å². The third-order valence-electron chi connectivity index (χ3n) is 2.42. The Morgan fingerprint density at radius 3 is 2.94 bits per heavy atom. The molecule has 0 spiro atoms. The predicted octanol–water partition coefficient (Wildman–Crippen LogP) is 3.13. The van der Waals surface area contributed by atoms with Gasteiger partial charge in [-0.15, -0.1) is 0 Å². The first-order valence-electron chi connectivity index (χ1n) is 5.68. The van der Waals surface area contributed by atoms with E-state index >= 15 is 0 Å². The summed E-state index contributed by atoms with van der Waals surface area (Å²) < 4.78 is 2.95. The highest BCUT2D eigenvalue weighted by molar-refractivity contribution is 9.10. The van der Waals surface area contributed by atoms with Crippen molar-refractivity contribution in [3.8, 4) is 5.69 Å². The van der Waals surface area contributed by atoms with Gasteiger partial charge < -0.3 is 5.32 Å². The van der Waals surface area contributed by atoms with Crippen molar-refractivity contribution < 1.29 is 0 Å². The molecule has 0 radical (unpaired) electrons. The van der Waals surface area contributed by atoms with Crippen molar-refractivity contribution in [3.05, 3.63) is 46.7 Å². The van der Waals surface area contributed by atoms with Gasteiger partial charge in [0.2, 0.25) is 0 Å². The fraction of sp³-hybridized carbons (Fsp3) is 0.308. The Morgan fingerprint density at radius 2 is 2.24 bits per heavy atom. The molecule has 1 heterocycles. The van der Waals surface area contributed by atoms with E-state index in [9.17, 15) is 0 Å². The topological polar surface area (TPSA) is 29.9 Å². The molecule has 2 rings (SSSR count). The summed E-state index contributed by atoms with van der Waals surface area (Å²) in [5.74, 6) is 0. The van der Waals surface area contributed by atoms with Crippen LogP contribution in [0, 0.1) is 0 Å². The molecule has 0 saturated heterocycles. The minimum atomic E-state index is 0.490. The van der Waals surface area contributed by atoms with E-state index in [2.05, 4.69) is 46.4 Å². The molecule has 0 atom stereocenters. The van der Waals surface area contributed by atoms with Gasteiger partial charge in [0.05, 0.1) is 11.9 Å². The third-order valence-corrected chi connectivity index (χ3v) is 2.92. The van der Waals surface area contributed by atoms with Crippen LogP contribution in [-0.2, 0) is 6.54 Å². The quantitative estimate of drug-likeness (QED) is 0.939. The SMILES string of the molecule is CC(C)NCc1cnn(-c2cccc(Br)c2)c1. The lowest BCUT2D eigenvalue weighted by molar-refractivity contribution is 0.589. The average molecular weight is 294 g/mol. The van der Waals surface area contributed by atoms with Gasteiger partial charge in [-0.05, 0) is 18.2 Å². The lowest BCUT2D eigenvalue weighted by atomic mass is 10.3. The van der Waals surface area contributed by atoms with Gasteiger partial charge in [0.25, 0.3) is 0 Å². The van der Waals surface area contributed by atoms with Gasteiger partial charge in [0, 0.05) is 28.8 Å². The largest absolute Gasteiger partial charge is 0.310 e. The molecule has 4 heteroatoms. The molecule has 1 aromatic carbocycles. The first-order chi connectivity index (χ1) is 8.15. The van der Waals surface area contributed by atoms with E-state index in [1.165, 1.54) is 5.56 Å². The minimum absolute atomic E-state index is 0.490. The second kappa shape index (κ2) is 5.47. The highest BCUT2D eigenvalue weighted by Crippen LogP contribution is 2.15. The fourth-order valence-corrected chi connectivity index (χ4v) is 1.92. The molecule has 0 fully saturated rings. The number of nitrogens with zero attached hydrogens (tertiary/aromatic N) is 2. The standard InChI is InChI=1S/C13H16BrN3/c1-10(2)15-7-11-8-16-17(9-11)13-5-3-4-12(14)6-13/h3-6,8-10,15H,7H2,1-2H3. The van der Waals surface area contributed by atoms with E-state index < -0.39 is 0 Å². The van der Waals surface area contributed by atoms with Crippen LogP contribution >= 0.6 is 15.9 Å². The maximum Gasteiger partial charge on any atom is 0.0656 e. The number of hydrogen-bond acceptors (Lipinski definition) is 2. The normalized spacial score (nSPS) is 11.1. The molecule has 0 saturated carbocycles. The monoisotopic (exact) mass is 293 g/mol. The van der Waals surface area contributed by atoms with Gasteiger partial charge in [-0.1, -0.05) is 35.8 Å². The summed E-state index contributed by atoms with van der Waals surface area (Å²) in [6.45, 7) is 5.13. The number of hydrogen-bond donors (Lipinski definition) is 1. The first-order valence-corrected chi connectivity index (χ1v) is 6.47. The van der Waals surface area contributed by atoms with E-state index in [1.807, 2.05) is 35.1 Å². The van der Waals surface area contributed by atoms with Gasteiger partial charge in [0.15, 0.2) is 0 Å². The van der Waals surface area contributed by atoms with E-state index in [0.717, 1.165) is 16.7 Å². The molecule has 17 heavy (non-hydrogen) atoms. The van der Waals surface area contributed by atoms with Crippen LogP contribution < -0.4 is 5.32 Å². The zero-order valence-corrected chi connectivity index (χ0v) is 11.6. The van der Waals surface area contributed by atoms with Crippen LogP contribution in [0.25, 0.3) is 5.69 Å². The zero-order chi connectivity index (χ0) is 12.3. The lowest BCUT2D eigenvalue weighted by Gasteiger charge is -2.05.